The Balaban J connectivity index is 0.998. The van der Waals surface area contributed by atoms with Crippen molar-refractivity contribution in [1.29, 1.82) is 0 Å². The van der Waals surface area contributed by atoms with E-state index in [1.807, 2.05) is 18.2 Å². The number of aliphatic imine (C=N–C) groups is 2. The summed E-state index contributed by atoms with van der Waals surface area (Å²) in [7, 11) is 0. The molecule has 0 bridgehead atoms. The second-order valence-corrected chi connectivity index (χ2v) is 15.2. The average molecular weight is 741 g/mol. The maximum atomic E-state index is 6.96. The highest BCUT2D eigenvalue weighted by Gasteiger charge is 2.51. The van der Waals surface area contributed by atoms with Gasteiger partial charge < -0.3 is 15.0 Å². The third-order valence-corrected chi connectivity index (χ3v) is 12.1. The zero-order chi connectivity index (χ0) is 38.2. The van der Waals surface area contributed by atoms with Crippen molar-refractivity contribution in [3.05, 3.63) is 244 Å². The molecular weight excluding hydrogens is 707 g/mol. The van der Waals surface area contributed by atoms with Crippen LogP contribution in [0.1, 0.15) is 45.1 Å². The Labute approximate surface area is 336 Å². The molecule has 0 fully saturated rings. The lowest BCUT2D eigenvalue weighted by Crippen LogP contribution is -2.32. The third kappa shape index (κ3) is 4.75. The largest absolute Gasteiger partial charge is 0.456 e. The normalized spacial score (nSPS) is 15.7. The van der Waals surface area contributed by atoms with Crippen LogP contribution in [0.5, 0.6) is 11.5 Å². The zero-order valence-corrected chi connectivity index (χ0v) is 31.4. The first-order valence-corrected chi connectivity index (χ1v) is 19.8. The molecule has 0 amide bonds. The van der Waals surface area contributed by atoms with Crippen LogP contribution in [-0.2, 0) is 5.41 Å². The molecular formula is C54H34N3O-. The summed E-state index contributed by atoms with van der Waals surface area (Å²) in [6.45, 7) is 0. The SMILES string of the molecule is c1ccc(C2N=C(c3ccc(-c4cccc5c4Oc4ccccc4C54c5ccccc5-c5ccccc54)cc3)N=C(c3cc4ccccc4c4ccccc34)[N-]2)cc1. The van der Waals surface area contributed by atoms with Gasteiger partial charge in [0.25, 0.3) is 0 Å². The fourth-order valence-electron chi connectivity index (χ4n) is 9.61. The quantitative estimate of drug-likeness (QED) is 0.166. The fraction of sp³-hybridized carbons (Fsp3) is 0.0370. The molecule has 4 nitrogen and oxygen atoms in total. The average Bonchev–Trinajstić information content (AvgIpc) is 3.59. The summed E-state index contributed by atoms with van der Waals surface area (Å²) >= 11 is 0. The van der Waals surface area contributed by atoms with E-state index in [-0.39, 0.29) is 0 Å². The molecule has 0 radical (unpaired) electrons. The van der Waals surface area contributed by atoms with Gasteiger partial charge in [-0.3, -0.25) is 4.99 Å². The van der Waals surface area contributed by atoms with E-state index in [1.165, 1.54) is 33.0 Å². The molecule has 1 atom stereocenters. The molecule has 1 unspecified atom stereocenters. The van der Waals surface area contributed by atoms with Gasteiger partial charge in [-0.1, -0.05) is 194 Å². The van der Waals surface area contributed by atoms with E-state index in [0.717, 1.165) is 61.2 Å². The molecule has 0 N–H and O–H groups in total. The Kier molecular flexibility index (Phi) is 7.17. The predicted octanol–water partition coefficient (Wildman–Crippen LogP) is 13.4. The van der Waals surface area contributed by atoms with Crippen LogP contribution in [0.4, 0.5) is 0 Å². The summed E-state index contributed by atoms with van der Waals surface area (Å²) in [4.78, 5) is 10.4. The molecule has 0 saturated carbocycles. The minimum atomic E-state index is -0.516. The number of fused-ring (bicyclic) bond motifs is 12. The summed E-state index contributed by atoms with van der Waals surface area (Å²) in [5, 5.41) is 9.87. The molecule has 3 aliphatic rings. The summed E-state index contributed by atoms with van der Waals surface area (Å²) in [5.74, 6) is 3.08. The van der Waals surface area contributed by atoms with Crippen molar-refractivity contribution in [1.82, 2.24) is 0 Å². The lowest BCUT2D eigenvalue weighted by molar-refractivity contribution is 0.438. The molecule has 4 heteroatoms. The van der Waals surface area contributed by atoms with Gasteiger partial charge in [0.2, 0.25) is 0 Å². The number of nitrogens with zero attached hydrogens (tertiary/aromatic N) is 3. The Bertz CT molecular complexity index is 3140. The van der Waals surface area contributed by atoms with E-state index < -0.39 is 11.6 Å². The number of para-hydroxylation sites is 2. The van der Waals surface area contributed by atoms with E-state index in [4.69, 9.17) is 20.0 Å². The molecule has 2 heterocycles. The van der Waals surface area contributed by atoms with Gasteiger partial charge in [0, 0.05) is 16.7 Å². The molecule has 9 aromatic rings. The van der Waals surface area contributed by atoms with E-state index in [9.17, 15) is 0 Å². The van der Waals surface area contributed by atoms with Crippen molar-refractivity contribution in [2.45, 2.75) is 11.6 Å². The Morgan fingerprint density at radius 3 is 1.81 bits per heavy atom. The number of amidine groups is 2. The standard InChI is InChI=1S/C54H34N3O/c1-2-15-35(16-3-1)51-55-52(57-53(56-51)44-33-37-17-4-5-18-38(37)40-19-6-7-20-41(40)44)36-31-29-34(30-32-36)39-23-14-27-48-50(39)58-49-28-13-12-26-47(49)54(48)45-24-10-8-21-42(45)43-22-9-11-25-46(43)54/h1-33,51H/q-1. The molecule has 0 saturated heterocycles. The summed E-state index contributed by atoms with van der Waals surface area (Å²) < 4.78 is 6.96. The Morgan fingerprint density at radius 1 is 0.448 bits per heavy atom. The lowest BCUT2D eigenvalue weighted by Gasteiger charge is -2.40. The highest BCUT2D eigenvalue weighted by atomic mass is 16.5. The number of hydrogen-bond acceptors (Lipinski definition) is 3. The van der Waals surface area contributed by atoms with Crippen LogP contribution in [-0.4, -0.2) is 11.7 Å². The van der Waals surface area contributed by atoms with Gasteiger partial charge in [0.05, 0.1) is 17.4 Å². The second kappa shape index (κ2) is 12.7. The van der Waals surface area contributed by atoms with E-state index >= 15 is 0 Å². The van der Waals surface area contributed by atoms with Crippen LogP contribution in [0, 0.1) is 0 Å². The molecule has 272 valence electrons. The van der Waals surface area contributed by atoms with Gasteiger partial charge in [-0.15, -0.1) is 0 Å². The summed E-state index contributed by atoms with van der Waals surface area (Å²) in [6, 6.07) is 71.0. The van der Waals surface area contributed by atoms with Crippen molar-refractivity contribution < 1.29 is 4.74 Å². The molecule has 1 spiro atoms. The molecule has 9 aromatic carbocycles. The lowest BCUT2D eigenvalue weighted by atomic mass is 9.65. The van der Waals surface area contributed by atoms with Gasteiger partial charge in [0.1, 0.15) is 11.5 Å². The molecule has 58 heavy (non-hydrogen) atoms. The highest BCUT2D eigenvalue weighted by molar-refractivity contribution is 6.26. The van der Waals surface area contributed by atoms with Crippen LogP contribution in [0.3, 0.4) is 0 Å². The van der Waals surface area contributed by atoms with Crippen LogP contribution in [0.15, 0.2) is 210 Å². The first kappa shape index (κ1) is 32.7. The van der Waals surface area contributed by atoms with Gasteiger partial charge in [-0.25, -0.2) is 0 Å². The predicted molar refractivity (Wildman–Crippen MR) is 236 cm³/mol. The van der Waals surface area contributed by atoms with E-state index in [0.29, 0.717) is 11.7 Å². The highest BCUT2D eigenvalue weighted by Crippen LogP contribution is 2.63. The number of benzene rings is 9. The van der Waals surface area contributed by atoms with E-state index in [2.05, 4.69) is 182 Å². The Hall–Kier alpha value is -7.56. The van der Waals surface area contributed by atoms with Gasteiger partial charge in [0.15, 0.2) is 0 Å². The Morgan fingerprint density at radius 2 is 1.03 bits per heavy atom. The summed E-state index contributed by atoms with van der Waals surface area (Å²) in [5.41, 5.74) is 11.9. The van der Waals surface area contributed by atoms with Crippen LogP contribution in [0.25, 0.3) is 49.1 Å². The van der Waals surface area contributed by atoms with Crippen molar-refractivity contribution in [3.63, 3.8) is 0 Å². The number of hydrogen-bond donors (Lipinski definition) is 0. The van der Waals surface area contributed by atoms with Gasteiger partial charge in [-0.05, 0) is 78.2 Å². The minimum Gasteiger partial charge on any atom is -0.456 e. The molecule has 1 aliphatic carbocycles. The van der Waals surface area contributed by atoms with Crippen molar-refractivity contribution in [2.24, 2.45) is 9.98 Å². The summed E-state index contributed by atoms with van der Waals surface area (Å²) in [6.07, 6.45) is -0.434. The van der Waals surface area contributed by atoms with Crippen LogP contribution >= 0.6 is 0 Å². The molecule has 0 aromatic heterocycles. The van der Waals surface area contributed by atoms with Crippen LogP contribution < -0.4 is 4.74 Å². The van der Waals surface area contributed by atoms with Crippen LogP contribution in [0.2, 0.25) is 0 Å². The third-order valence-electron chi connectivity index (χ3n) is 12.1. The number of rotatable bonds is 4. The van der Waals surface area contributed by atoms with Crippen molar-refractivity contribution in [3.8, 4) is 33.8 Å². The second-order valence-electron chi connectivity index (χ2n) is 15.2. The minimum absolute atomic E-state index is 0.434. The zero-order valence-electron chi connectivity index (χ0n) is 31.4. The van der Waals surface area contributed by atoms with Gasteiger partial charge in [-0.2, -0.15) is 0 Å². The fourth-order valence-corrected chi connectivity index (χ4v) is 9.61. The molecule has 2 aliphatic heterocycles. The maximum absolute atomic E-state index is 6.96. The first-order chi connectivity index (χ1) is 28.8. The smallest absolute Gasteiger partial charge is 0.140 e. The topological polar surface area (TPSA) is 48.1 Å². The molecule has 12 rings (SSSR count). The van der Waals surface area contributed by atoms with Crippen molar-refractivity contribution >= 4 is 33.2 Å². The number of ether oxygens (including phenoxy) is 1. The first-order valence-electron chi connectivity index (χ1n) is 19.8. The van der Waals surface area contributed by atoms with Gasteiger partial charge >= 0.3 is 0 Å². The monoisotopic (exact) mass is 740 g/mol. The maximum Gasteiger partial charge on any atom is 0.140 e. The van der Waals surface area contributed by atoms with E-state index in [1.54, 1.807) is 0 Å². The van der Waals surface area contributed by atoms with Crippen molar-refractivity contribution in [2.75, 3.05) is 0 Å².